The molecule has 8 heteroatoms. The number of nitrogens with zero attached hydrogens (tertiary/aromatic N) is 1. The number of amides is 1. The number of carbonyl (C=O) groups excluding carboxylic acids is 2. The monoisotopic (exact) mass is 312 g/mol. The molecule has 1 aliphatic heterocycles. The number of benzene rings is 1. The molecule has 0 saturated carbocycles. The summed E-state index contributed by atoms with van der Waals surface area (Å²) in [6, 6.07) is 5.64. The fraction of sp³-hybridized carbons (Fsp3) is 0.385. The first-order valence-corrected chi connectivity index (χ1v) is 7.97. The second-order valence-electron chi connectivity index (χ2n) is 4.70. The smallest absolute Gasteiger partial charge is 0.311 e. The van der Waals surface area contributed by atoms with E-state index in [1.165, 1.54) is 29.2 Å². The average molecular weight is 312 g/mol. The Bertz CT molecular complexity index is 654. The minimum Gasteiger partial charge on any atom is -0.466 e. The van der Waals surface area contributed by atoms with Gasteiger partial charge in [-0.1, -0.05) is 0 Å². The van der Waals surface area contributed by atoms with Crippen molar-refractivity contribution in [3.05, 3.63) is 24.3 Å². The lowest BCUT2D eigenvalue weighted by Crippen LogP contribution is -2.26. The minimum absolute atomic E-state index is 0.0279. The summed E-state index contributed by atoms with van der Waals surface area (Å²) in [6.45, 7) is 2.21. The van der Waals surface area contributed by atoms with Crippen LogP contribution in [0, 0.1) is 5.92 Å². The molecule has 1 atom stereocenters. The van der Waals surface area contributed by atoms with Gasteiger partial charge in [0, 0.05) is 18.7 Å². The Morgan fingerprint density at radius 2 is 2.00 bits per heavy atom. The molecule has 114 valence electrons. The van der Waals surface area contributed by atoms with E-state index in [4.69, 9.17) is 9.88 Å². The van der Waals surface area contributed by atoms with Crippen LogP contribution in [0.3, 0.4) is 0 Å². The number of sulfonamides is 1. The normalized spacial score (nSPS) is 18.9. The molecule has 21 heavy (non-hydrogen) atoms. The van der Waals surface area contributed by atoms with Crippen molar-refractivity contribution in [1.29, 1.82) is 0 Å². The summed E-state index contributed by atoms with van der Waals surface area (Å²) in [6.07, 6.45) is 0.0930. The van der Waals surface area contributed by atoms with Gasteiger partial charge in [-0.05, 0) is 31.2 Å². The van der Waals surface area contributed by atoms with Crippen LogP contribution < -0.4 is 10.0 Å². The first kappa shape index (κ1) is 15.5. The van der Waals surface area contributed by atoms with Gasteiger partial charge in [0.05, 0.1) is 17.4 Å². The summed E-state index contributed by atoms with van der Waals surface area (Å²) in [5.41, 5.74) is 0.527. The minimum atomic E-state index is -3.77. The molecular formula is C13H16N2O5S. The van der Waals surface area contributed by atoms with Crippen LogP contribution in [0.5, 0.6) is 0 Å². The van der Waals surface area contributed by atoms with Crippen molar-refractivity contribution in [3.63, 3.8) is 0 Å². The lowest BCUT2D eigenvalue weighted by Gasteiger charge is -2.16. The molecule has 1 aromatic rings. The number of anilines is 1. The Morgan fingerprint density at radius 3 is 2.52 bits per heavy atom. The SMILES string of the molecule is CCOC(=O)[C@H]1CC(=O)N(c2ccc(S(N)(=O)=O)cc2)C1. The Morgan fingerprint density at radius 1 is 1.38 bits per heavy atom. The molecule has 0 aliphatic carbocycles. The molecule has 0 radical (unpaired) electrons. The predicted octanol–water partition coefficient (Wildman–Crippen LogP) is 0.250. The predicted molar refractivity (Wildman–Crippen MR) is 74.9 cm³/mol. The van der Waals surface area contributed by atoms with E-state index in [1.807, 2.05) is 0 Å². The van der Waals surface area contributed by atoms with Crippen LogP contribution in [-0.2, 0) is 24.3 Å². The molecule has 2 N–H and O–H groups in total. The van der Waals surface area contributed by atoms with Gasteiger partial charge in [-0.25, -0.2) is 13.6 Å². The summed E-state index contributed by atoms with van der Waals surface area (Å²) < 4.78 is 27.3. The van der Waals surface area contributed by atoms with Crippen LogP contribution in [0.25, 0.3) is 0 Å². The second kappa shape index (κ2) is 5.82. The van der Waals surface area contributed by atoms with Gasteiger partial charge < -0.3 is 9.64 Å². The highest BCUT2D eigenvalue weighted by Gasteiger charge is 2.36. The van der Waals surface area contributed by atoms with E-state index in [0.29, 0.717) is 5.69 Å². The molecule has 1 amide bonds. The maximum atomic E-state index is 12.0. The van der Waals surface area contributed by atoms with Gasteiger partial charge in [0.25, 0.3) is 0 Å². The molecule has 0 aromatic heterocycles. The van der Waals surface area contributed by atoms with E-state index >= 15 is 0 Å². The molecule has 7 nitrogen and oxygen atoms in total. The van der Waals surface area contributed by atoms with Gasteiger partial charge in [-0.15, -0.1) is 0 Å². The van der Waals surface area contributed by atoms with Crippen molar-refractivity contribution in [1.82, 2.24) is 0 Å². The van der Waals surface area contributed by atoms with Gasteiger partial charge >= 0.3 is 5.97 Å². The van der Waals surface area contributed by atoms with Crippen LogP contribution in [-0.4, -0.2) is 33.4 Å². The highest BCUT2D eigenvalue weighted by Crippen LogP contribution is 2.26. The number of hydrogen-bond acceptors (Lipinski definition) is 5. The Balaban J connectivity index is 2.16. The van der Waals surface area contributed by atoms with Crippen molar-refractivity contribution in [2.24, 2.45) is 11.1 Å². The van der Waals surface area contributed by atoms with E-state index in [9.17, 15) is 18.0 Å². The maximum Gasteiger partial charge on any atom is 0.311 e. The van der Waals surface area contributed by atoms with E-state index in [-0.39, 0.29) is 30.4 Å². The maximum absolute atomic E-state index is 12.0. The largest absolute Gasteiger partial charge is 0.466 e. The van der Waals surface area contributed by atoms with Crippen LogP contribution in [0.4, 0.5) is 5.69 Å². The highest BCUT2D eigenvalue weighted by atomic mass is 32.2. The van der Waals surface area contributed by atoms with Crippen molar-refractivity contribution in [2.75, 3.05) is 18.1 Å². The fourth-order valence-electron chi connectivity index (χ4n) is 2.19. The van der Waals surface area contributed by atoms with Crippen LogP contribution in [0.2, 0.25) is 0 Å². The van der Waals surface area contributed by atoms with Crippen molar-refractivity contribution < 1.29 is 22.7 Å². The van der Waals surface area contributed by atoms with Crippen molar-refractivity contribution in [2.45, 2.75) is 18.2 Å². The topological polar surface area (TPSA) is 107 Å². The summed E-state index contributed by atoms with van der Waals surface area (Å²) in [5, 5.41) is 5.01. The van der Waals surface area contributed by atoms with Crippen LogP contribution in [0.1, 0.15) is 13.3 Å². The van der Waals surface area contributed by atoms with Crippen molar-refractivity contribution in [3.8, 4) is 0 Å². The third-order valence-corrected chi connectivity index (χ3v) is 4.15. The van der Waals surface area contributed by atoms with Gasteiger partial charge in [0.1, 0.15) is 0 Å². The molecule has 1 aromatic carbocycles. The molecule has 1 heterocycles. The van der Waals surface area contributed by atoms with E-state index in [1.54, 1.807) is 6.92 Å². The van der Waals surface area contributed by atoms with Gasteiger partial charge in [-0.3, -0.25) is 9.59 Å². The number of primary sulfonamides is 1. The number of ether oxygens (including phenoxy) is 1. The highest BCUT2D eigenvalue weighted by molar-refractivity contribution is 7.89. The van der Waals surface area contributed by atoms with E-state index < -0.39 is 21.9 Å². The fourth-order valence-corrected chi connectivity index (χ4v) is 2.71. The number of nitrogens with two attached hydrogens (primary N) is 1. The van der Waals surface area contributed by atoms with Crippen LogP contribution in [0.15, 0.2) is 29.2 Å². The Hall–Kier alpha value is -1.93. The quantitative estimate of drug-likeness (QED) is 0.802. The third kappa shape index (κ3) is 3.40. The second-order valence-corrected chi connectivity index (χ2v) is 6.26. The summed E-state index contributed by atoms with van der Waals surface area (Å²) in [4.78, 5) is 25.0. The standard InChI is InChI=1S/C13H16N2O5S/c1-2-20-13(17)9-7-12(16)15(8-9)10-3-5-11(6-4-10)21(14,18)19/h3-6,9H,2,7-8H2,1H3,(H2,14,18,19)/t9-/m0/s1. The van der Waals surface area contributed by atoms with Crippen LogP contribution >= 0.6 is 0 Å². The molecule has 1 saturated heterocycles. The van der Waals surface area contributed by atoms with Gasteiger partial charge in [-0.2, -0.15) is 0 Å². The summed E-state index contributed by atoms with van der Waals surface area (Å²) >= 11 is 0. The number of carbonyl (C=O) groups is 2. The lowest BCUT2D eigenvalue weighted by atomic mass is 10.1. The molecule has 0 bridgehead atoms. The van der Waals surface area contributed by atoms with E-state index in [0.717, 1.165) is 0 Å². The number of esters is 1. The molecule has 2 rings (SSSR count). The molecule has 0 unspecified atom stereocenters. The third-order valence-electron chi connectivity index (χ3n) is 3.22. The number of hydrogen-bond donors (Lipinski definition) is 1. The first-order chi connectivity index (χ1) is 9.82. The molecular weight excluding hydrogens is 296 g/mol. The Kier molecular flexibility index (Phi) is 4.29. The Labute approximate surface area is 122 Å². The van der Waals surface area contributed by atoms with Gasteiger partial charge in [0.2, 0.25) is 15.9 Å². The van der Waals surface area contributed by atoms with E-state index in [2.05, 4.69) is 0 Å². The summed E-state index contributed by atoms with van der Waals surface area (Å²) in [5.74, 6) is -1.08. The van der Waals surface area contributed by atoms with Crippen molar-refractivity contribution >= 4 is 27.6 Å². The molecule has 0 spiro atoms. The molecule has 1 aliphatic rings. The first-order valence-electron chi connectivity index (χ1n) is 6.42. The number of rotatable bonds is 4. The molecule has 1 fully saturated rings. The zero-order valence-corrected chi connectivity index (χ0v) is 12.3. The lowest BCUT2D eigenvalue weighted by molar-refractivity contribution is -0.147. The average Bonchev–Trinajstić information content (AvgIpc) is 2.80. The zero-order chi connectivity index (χ0) is 15.6. The summed E-state index contributed by atoms with van der Waals surface area (Å²) in [7, 11) is -3.77. The van der Waals surface area contributed by atoms with Gasteiger partial charge in [0.15, 0.2) is 0 Å². The zero-order valence-electron chi connectivity index (χ0n) is 11.5.